The van der Waals surface area contributed by atoms with Crippen molar-refractivity contribution in [1.82, 2.24) is 0 Å². The third-order valence-corrected chi connectivity index (χ3v) is 5.06. The van der Waals surface area contributed by atoms with Crippen LogP contribution in [-0.4, -0.2) is 16.3 Å². The molecule has 0 heterocycles. The van der Waals surface area contributed by atoms with E-state index in [2.05, 4.69) is 48.5 Å². The second kappa shape index (κ2) is 4.91. The smallest absolute Gasteiger partial charge is 0.109 e. The molecule has 4 aromatic rings. The third-order valence-electron chi connectivity index (χ3n) is 5.06. The Balaban J connectivity index is 1.93. The topological polar surface area (TPSA) is 40.5 Å². The molecule has 0 radical (unpaired) electrons. The molecule has 0 spiro atoms. The van der Waals surface area contributed by atoms with Crippen molar-refractivity contribution in [3.63, 3.8) is 0 Å². The number of fused-ring (bicyclic) bond motifs is 6. The standard InChI is InChI=1S/C22H16O2/c23-21-10-9-17-18(22(21)24)8-7-15-11-14-6-5-13-3-1-2-4-16(13)19(14)12-20(15)17/h1-12,21-24H/t21-,22-/m0/s1. The van der Waals surface area contributed by atoms with Gasteiger partial charge >= 0.3 is 0 Å². The molecule has 2 heteroatoms. The summed E-state index contributed by atoms with van der Waals surface area (Å²) in [4.78, 5) is 0. The van der Waals surface area contributed by atoms with Crippen molar-refractivity contribution in [2.24, 2.45) is 0 Å². The Morgan fingerprint density at radius 2 is 1.42 bits per heavy atom. The first kappa shape index (κ1) is 13.7. The summed E-state index contributed by atoms with van der Waals surface area (Å²) in [5.41, 5.74) is 1.79. The fraction of sp³-hybridized carbons (Fsp3) is 0.0909. The fourth-order valence-corrected chi connectivity index (χ4v) is 3.80. The van der Waals surface area contributed by atoms with E-state index in [0.717, 1.165) is 21.9 Å². The summed E-state index contributed by atoms with van der Waals surface area (Å²) in [7, 11) is 0. The Labute approximate surface area is 139 Å². The maximum atomic E-state index is 10.3. The summed E-state index contributed by atoms with van der Waals surface area (Å²) in [6.07, 6.45) is 1.89. The van der Waals surface area contributed by atoms with Crippen LogP contribution < -0.4 is 0 Å². The zero-order chi connectivity index (χ0) is 16.3. The van der Waals surface area contributed by atoms with E-state index in [4.69, 9.17) is 0 Å². The molecule has 0 unspecified atom stereocenters. The molecule has 0 fully saturated rings. The predicted octanol–water partition coefficient (Wildman–Crippen LogP) is 4.57. The molecule has 0 saturated heterocycles. The van der Waals surface area contributed by atoms with Gasteiger partial charge in [-0.05, 0) is 55.6 Å². The highest BCUT2D eigenvalue weighted by Gasteiger charge is 2.23. The van der Waals surface area contributed by atoms with Gasteiger partial charge in [0, 0.05) is 0 Å². The van der Waals surface area contributed by atoms with Crippen LogP contribution in [0.25, 0.3) is 38.4 Å². The quantitative estimate of drug-likeness (QED) is 0.369. The third kappa shape index (κ3) is 1.84. The number of hydrogen-bond acceptors (Lipinski definition) is 2. The van der Waals surface area contributed by atoms with Crippen LogP contribution in [0.3, 0.4) is 0 Å². The second-order valence-corrected chi connectivity index (χ2v) is 6.44. The van der Waals surface area contributed by atoms with Crippen LogP contribution in [0.2, 0.25) is 0 Å². The summed E-state index contributed by atoms with van der Waals surface area (Å²) in [6.45, 7) is 0. The first-order valence-corrected chi connectivity index (χ1v) is 8.15. The minimum Gasteiger partial charge on any atom is -0.386 e. The van der Waals surface area contributed by atoms with Crippen molar-refractivity contribution in [1.29, 1.82) is 0 Å². The van der Waals surface area contributed by atoms with Gasteiger partial charge in [0.2, 0.25) is 0 Å². The van der Waals surface area contributed by atoms with Crippen molar-refractivity contribution >= 4 is 38.4 Å². The van der Waals surface area contributed by atoms with Crippen molar-refractivity contribution < 1.29 is 10.2 Å². The molecule has 0 saturated carbocycles. The van der Waals surface area contributed by atoms with Gasteiger partial charge in [-0.2, -0.15) is 0 Å². The van der Waals surface area contributed by atoms with Crippen LogP contribution in [0.15, 0.2) is 66.7 Å². The van der Waals surface area contributed by atoms with Gasteiger partial charge in [-0.25, -0.2) is 0 Å². The molecule has 0 aliphatic heterocycles. The Kier molecular flexibility index (Phi) is 2.81. The van der Waals surface area contributed by atoms with Gasteiger partial charge in [-0.15, -0.1) is 0 Å². The lowest BCUT2D eigenvalue weighted by molar-refractivity contribution is 0.0471. The zero-order valence-electron chi connectivity index (χ0n) is 13.0. The summed E-state index contributed by atoms with van der Waals surface area (Å²) in [5, 5.41) is 27.3. The number of benzene rings is 4. The van der Waals surface area contributed by atoms with Crippen molar-refractivity contribution in [2.45, 2.75) is 12.2 Å². The molecule has 116 valence electrons. The van der Waals surface area contributed by atoms with Gasteiger partial charge in [0.05, 0.1) is 0 Å². The maximum absolute atomic E-state index is 10.3. The molecule has 2 atom stereocenters. The van der Waals surface area contributed by atoms with Crippen LogP contribution in [-0.2, 0) is 0 Å². The SMILES string of the molecule is O[C@H]1C=Cc2c(ccc3cc4ccc5ccccc5c4cc23)[C@@H]1O. The normalized spacial score (nSPS) is 19.9. The lowest BCUT2D eigenvalue weighted by Gasteiger charge is -2.23. The highest BCUT2D eigenvalue weighted by molar-refractivity contribution is 6.13. The zero-order valence-corrected chi connectivity index (χ0v) is 13.0. The van der Waals surface area contributed by atoms with Crippen molar-refractivity contribution in [2.75, 3.05) is 0 Å². The minimum absolute atomic E-state index is 0.789. The fourth-order valence-electron chi connectivity index (χ4n) is 3.80. The average Bonchev–Trinajstić information content (AvgIpc) is 2.63. The average molecular weight is 312 g/mol. The molecule has 2 nitrogen and oxygen atoms in total. The van der Waals surface area contributed by atoms with Gasteiger partial charge in [-0.1, -0.05) is 60.7 Å². The molecular formula is C22H16O2. The summed E-state index contributed by atoms with van der Waals surface area (Å²) in [6, 6.07) is 21.0. The van der Waals surface area contributed by atoms with E-state index in [1.165, 1.54) is 21.5 Å². The van der Waals surface area contributed by atoms with E-state index < -0.39 is 12.2 Å². The summed E-state index contributed by atoms with van der Waals surface area (Å²) >= 11 is 0. The molecular weight excluding hydrogens is 296 g/mol. The maximum Gasteiger partial charge on any atom is 0.109 e. The molecule has 1 aliphatic carbocycles. The number of aliphatic hydroxyl groups is 2. The molecule has 24 heavy (non-hydrogen) atoms. The highest BCUT2D eigenvalue weighted by Crippen LogP contribution is 2.36. The van der Waals surface area contributed by atoms with Crippen LogP contribution in [0.4, 0.5) is 0 Å². The lowest BCUT2D eigenvalue weighted by Crippen LogP contribution is -2.19. The molecule has 0 bridgehead atoms. The van der Waals surface area contributed by atoms with Crippen molar-refractivity contribution in [3.05, 3.63) is 77.9 Å². The summed E-state index contributed by atoms with van der Waals surface area (Å²) in [5.74, 6) is 0. The van der Waals surface area contributed by atoms with Gasteiger partial charge in [-0.3, -0.25) is 0 Å². The Hall–Kier alpha value is -2.68. The van der Waals surface area contributed by atoms with Crippen LogP contribution >= 0.6 is 0 Å². The van der Waals surface area contributed by atoms with Crippen molar-refractivity contribution in [3.8, 4) is 0 Å². The van der Waals surface area contributed by atoms with E-state index in [0.29, 0.717) is 0 Å². The highest BCUT2D eigenvalue weighted by atomic mass is 16.3. The first-order valence-electron chi connectivity index (χ1n) is 8.15. The van der Waals surface area contributed by atoms with Crippen LogP contribution in [0.5, 0.6) is 0 Å². The first-order chi connectivity index (χ1) is 11.7. The predicted molar refractivity (Wildman–Crippen MR) is 99.0 cm³/mol. The van der Waals surface area contributed by atoms with E-state index in [1.807, 2.05) is 18.2 Å². The largest absolute Gasteiger partial charge is 0.386 e. The number of rotatable bonds is 0. The van der Waals surface area contributed by atoms with Crippen LogP contribution in [0.1, 0.15) is 17.2 Å². The molecule has 4 aromatic carbocycles. The molecule has 5 rings (SSSR count). The van der Waals surface area contributed by atoms with E-state index in [1.54, 1.807) is 6.08 Å². The number of aliphatic hydroxyl groups excluding tert-OH is 2. The van der Waals surface area contributed by atoms with Gasteiger partial charge in [0.1, 0.15) is 12.2 Å². The second-order valence-electron chi connectivity index (χ2n) is 6.44. The Bertz CT molecular complexity index is 1140. The molecule has 2 N–H and O–H groups in total. The molecule has 1 aliphatic rings. The van der Waals surface area contributed by atoms with E-state index in [-0.39, 0.29) is 0 Å². The molecule has 0 aromatic heterocycles. The number of hydrogen-bond donors (Lipinski definition) is 2. The monoisotopic (exact) mass is 312 g/mol. The Morgan fingerprint density at radius 3 is 2.33 bits per heavy atom. The van der Waals surface area contributed by atoms with Crippen LogP contribution in [0, 0.1) is 0 Å². The summed E-state index contributed by atoms with van der Waals surface area (Å²) < 4.78 is 0. The van der Waals surface area contributed by atoms with E-state index >= 15 is 0 Å². The van der Waals surface area contributed by atoms with Gasteiger partial charge in [0.15, 0.2) is 0 Å². The van der Waals surface area contributed by atoms with Gasteiger partial charge < -0.3 is 10.2 Å². The lowest BCUT2D eigenvalue weighted by atomic mass is 9.87. The minimum atomic E-state index is -0.863. The van der Waals surface area contributed by atoms with Gasteiger partial charge in [0.25, 0.3) is 0 Å². The molecule has 0 amide bonds. The van der Waals surface area contributed by atoms with E-state index in [9.17, 15) is 10.2 Å². The Morgan fingerprint density at radius 1 is 0.667 bits per heavy atom.